The average Bonchev–Trinajstić information content (AvgIpc) is 3.23. The molecule has 3 aliphatic rings. The number of rotatable bonds is 7. The third kappa shape index (κ3) is 3.69. The number of fused-ring (bicyclic) bond motifs is 1. The average molecular weight is 516 g/mol. The number of hydrogen-bond acceptors (Lipinski definition) is 8. The third-order valence-electron chi connectivity index (χ3n) is 7.52. The first-order valence-corrected chi connectivity index (χ1v) is 12.3. The summed E-state index contributed by atoms with van der Waals surface area (Å²) in [7, 11) is 4.10. The summed E-state index contributed by atoms with van der Waals surface area (Å²) in [4.78, 5) is 48.3. The van der Waals surface area contributed by atoms with Crippen LogP contribution < -0.4 is 9.64 Å². The van der Waals surface area contributed by atoms with Crippen LogP contribution in [0.25, 0.3) is 0 Å². The lowest BCUT2D eigenvalue weighted by Crippen LogP contribution is -2.62. The number of benzene rings is 2. The summed E-state index contributed by atoms with van der Waals surface area (Å²) in [6.07, 6.45) is 2.40. The maximum absolute atomic E-state index is 13.5. The van der Waals surface area contributed by atoms with Crippen molar-refractivity contribution in [3.05, 3.63) is 83.6 Å². The van der Waals surface area contributed by atoms with Gasteiger partial charge in [0, 0.05) is 18.7 Å². The third-order valence-corrected chi connectivity index (χ3v) is 7.52. The molecule has 2 aromatic carbocycles. The van der Waals surface area contributed by atoms with E-state index in [9.17, 15) is 14.4 Å². The molecule has 1 saturated heterocycles. The molecule has 9 heteroatoms. The van der Waals surface area contributed by atoms with Crippen LogP contribution >= 0.6 is 0 Å². The molecule has 2 atom stereocenters. The number of para-hydroxylation sites is 1. The van der Waals surface area contributed by atoms with Crippen molar-refractivity contribution < 1.29 is 28.6 Å². The van der Waals surface area contributed by atoms with Crippen molar-refractivity contribution in [2.24, 2.45) is 4.99 Å². The molecule has 0 unspecified atom stereocenters. The van der Waals surface area contributed by atoms with E-state index in [4.69, 9.17) is 19.2 Å². The van der Waals surface area contributed by atoms with E-state index >= 15 is 0 Å². The van der Waals surface area contributed by atoms with Crippen molar-refractivity contribution in [2.75, 3.05) is 32.8 Å². The van der Waals surface area contributed by atoms with Crippen molar-refractivity contribution in [3.63, 3.8) is 0 Å². The summed E-state index contributed by atoms with van der Waals surface area (Å²) in [6, 6.07) is 14.6. The second-order valence-corrected chi connectivity index (χ2v) is 9.34. The predicted octanol–water partition coefficient (Wildman–Crippen LogP) is 3.14. The zero-order valence-electron chi connectivity index (χ0n) is 21.6. The Bertz CT molecular complexity index is 1380. The molecule has 38 heavy (non-hydrogen) atoms. The van der Waals surface area contributed by atoms with Crippen LogP contribution in [-0.2, 0) is 35.8 Å². The van der Waals surface area contributed by atoms with Crippen LogP contribution in [0, 0.1) is 0 Å². The van der Waals surface area contributed by atoms with Gasteiger partial charge < -0.3 is 19.1 Å². The molecule has 9 nitrogen and oxygen atoms in total. The zero-order valence-corrected chi connectivity index (χ0v) is 21.6. The molecule has 2 aromatic rings. The van der Waals surface area contributed by atoms with Crippen molar-refractivity contribution >= 4 is 29.4 Å². The van der Waals surface area contributed by atoms with Crippen LogP contribution in [0.4, 0.5) is 5.69 Å². The second kappa shape index (κ2) is 9.81. The summed E-state index contributed by atoms with van der Waals surface area (Å²) < 4.78 is 15.5. The Morgan fingerprint density at radius 2 is 1.79 bits per heavy atom. The smallest absolute Gasteiger partial charge is 0.357 e. The molecule has 0 bridgehead atoms. The van der Waals surface area contributed by atoms with E-state index in [0.717, 1.165) is 16.8 Å². The summed E-state index contributed by atoms with van der Waals surface area (Å²) in [5.41, 5.74) is 1.76. The van der Waals surface area contributed by atoms with Crippen LogP contribution in [0.15, 0.2) is 77.4 Å². The van der Waals surface area contributed by atoms with Crippen LogP contribution in [-0.4, -0.2) is 62.5 Å². The Morgan fingerprint density at radius 3 is 2.45 bits per heavy atom. The molecule has 0 N–H and O–H groups in total. The van der Waals surface area contributed by atoms with Gasteiger partial charge in [0.25, 0.3) is 0 Å². The number of amidine groups is 1. The van der Waals surface area contributed by atoms with E-state index in [1.165, 1.54) is 14.2 Å². The van der Waals surface area contributed by atoms with Crippen LogP contribution in [0.2, 0.25) is 0 Å². The highest BCUT2D eigenvalue weighted by molar-refractivity contribution is 6.15. The van der Waals surface area contributed by atoms with Crippen LogP contribution in [0.3, 0.4) is 0 Å². The lowest BCUT2D eigenvalue weighted by atomic mass is 9.65. The SMILES string of the molecule is C=CCN1c2ccccc2[C@]23CCC(=O)N(Cc4ccc(OC)cc4)C2=NC(C(=O)OC)=C(C(=O)OC)[C@H]13. The monoisotopic (exact) mass is 515 g/mol. The number of esters is 2. The van der Waals surface area contributed by atoms with E-state index in [2.05, 4.69) is 6.58 Å². The van der Waals surface area contributed by atoms with Crippen LogP contribution in [0.5, 0.6) is 5.75 Å². The van der Waals surface area contributed by atoms with Gasteiger partial charge in [-0.2, -0.15) is 0 Å². The second-order valence-electron chi connectivity index (χ2n) is 9.34. The minimum atomic E-state index is -0.874. The Labute approximate surface area is 221 Å². The summed E-state index contributed by atoms with van der Waals surface area (Å²) in [5, 5.41) is 0. The number of ether oxygens (including phenoxy) is 3. The molecule has 0 saturated carbocycles. The van der Waals surface area contributed by atoms with Gasteiger partial charge in [-0.3, -0.25) is 9.69 Å². The highest BCUT2D eigenvalue weighted by atomic mass is 16.5. The van der Waals surface area contributed by atoms with Gasteiger partial charge in [0.05, 0.1) is 44.9 Å². The standard InChI is InChI=1S/C29H29N3O6/c1-5-16-31-21-9-7-6-8-20(21)29-15-14-22(33)32(17-18-10-12-19(36-2)13-11-18)28(29)30-24(27(35)38-4)23(25(29)31)26(34)37-3/h5-13,25H,1,14-17H2,2-4H3/t25-,29-/m0/s1. The largest absolute Gasteiger partial charge is 0.497 e. The van der Waals surface area contributed by atoms with E-state index in [1.54, 1.807) is 18.1 Å². The highest BCUT2D eigenvalue weighted by Gasteiger charge is 2.63. The van der Waals surface area contributed by atoms with E-state index < -0.39 is 23.4 Å². The van der Waals surface area contributed by atoms with Crippen molar-refractivity contribution in [3.8, 4) is 5.75 Å². The van der Waals surface area contributed by atoms with Gasteiger partial charge in [-0.05, 0) is 35.7 Å². The van der Waals surface area contributed by atoms with Gasteiger partial charge in [-0.1, -0.05) is 36.4 Å². The molecule has 196 valence electrons. The Kier molecular flexibility index (Phi) is 6.52. The minimum Gasteiger partial charge on any atom is -0.497 e. The number of likely N-dealkylation sites (tertiary alicyclic amines) is 1. The summed E-state index contributed by atoms with van der Waals surface area (Å²) in [5.74, 6) is -0.439. The number of hydrogen-bond donors (Lipinski definition) is 0. The summed E-state index contributed by atoms with van der Waals surface area (Å²) in [6.45, 7) is 4.56. The Hall–Kier alpha value is -4.40. The molecule has 1 fully saturated rings. The van der Waals surface area contributed by atoms with E-state index in [1.807, 2.05) is 53.4 Å². The molecule has 1 spiro atoms. The Morgan fingerprint density at radius 1 is 1.08 bits per heavy atom. The van der Waals surface area contributed by atoms with Gasteiger partial charge in [0.2, 0.25) is 5.91 Å². The number of piperidine rings is 1. The zero-order chi connectivity index (χ0) is 27.0. The minimum absolute atomic E-state index is 0.111. The fourth-order valence-electron chi connectivity index (χ4n) is 5.93. The molecule has 0 radical (unpaired) electrons. The number of amides is 1. The summed E-state index contributed by atoms with van der Waals surface area (Å²) >= 11 is 0. The number of nitrogens with zero attached hydrogens (tertiary/aromatic N) is 3. The van der Waals surface area contributed by atoms with Crippen molar-refractivity contribution in [2.45, 2.75) is 30.8 Å². The normalized spacial score (nSPS) is 21.7. The quantitative estimate of drug-likeness (QED) is 0.413. The van der Waals surface area contributed by atoms with Gasteiger partial charge >= 0.3 is 11.9 Å². The number of methoxy groups -OCH3 is 3. The first kappa shape index (κ1) is 25.3. The molecule has 5 rings (SSSR count). The fourth-order valence-corrected chi connectivity index (χ4v) is 5.93. The van der Waals surface area contributed by atoms with Gasteiger partial charge in [-0.15, -0.1) is 6.58 Å². The first-order chi connectivity index (χ1) is 18.4. The lowest BCUT2D eigenvalue weighted by Gasteiger charge is -2.48. The van der Waals surface area contributed by atoms with Gasteiger partial charge in [0.15, 0.2) is 5.70 Å². The molecule has 0 aromatic heterocycles. The van der Waals surface area contributed by atoms with Crippen LogP contribution in [0.1, 0.15) is 24.0 Å². The van der Waals surface area contributed by atoms with E-state index in [0.29, 0.717) is 24.6 Å². The Balaban J connectivity index is 1.77. The highest BCUT2D eigenvalue weighted by Crippen LogP contribution is 2.56. The lowest BCUT2D eigenvalue weighted by molar-refractivity contribution is -0.140. The molecule has 0 aliphatic carbocycles. The first-order valence-electron chi connectivity index (χ1n) is 12.3. The number of carbonyl (C=O) groups excluding carboxylic acids is 3. The predicted molar refractivity (Wildman–Crippen MR) is 141 cm³/mol. The van der Waals surface area contributed by atoms with Crippen molar-refractivity contribution in [1.29, 1.82) is 0 Å². The van der Waals surface area contributed by atoms with Gasteiger partial charge in [0.1, 0.15) is 11.6 Å². The molecule has 3 heterocycles. The maximum atomic E-state index is 13.5. The molecule has 3 aliphatic heterocycles. The van der Waals surface area contributed by atoms with Gasteiger partial charge in [-0.25, -0.2) is 14.6 Å². The van der Waals surface area contributed by atoms with E-state index in [-0.39, 0.29) is 30.1 Å². The fraction of sp³-hybridized carbons (Fsp3) is 0.310. The van der Waals surface area contributed by atoms with Crippen molar-refractivity contribution in [1.82, 2.24) is 4.90 Å². The molecular weight excluding hydrogens is 486 g/mol. The number of carbonyl (C=O) groups is 3. The number of anilines is 1. The molecular formula is C29H29N3O6. The maximum Gasteiger partial charge on any atom is 0.357 e. The topological polar surface area (TPSA) is 97.7 Å². The molecule has 1 amide bonds. The number of aliphatic imine (C=N–C) groups is 1.